The van der Waals surface area contributed by atoms with Crippen LogP contribution in [0.1, 0.15) is 36.7 Å². The molecular weight excluding hydrogens is 359 g/mol. The van der Waals surface area contributed by atoms with E-state index in [2.05, 4.69) is 0 Å². The zero-order valence-electron chi connectivity index (χ0n) is 13.6. The van der Waals surface area contributed by atoms with E-state index < -0.39 is 51.7 Å². The second kappa shape index (κ2) is 7.00. The summed E-state index contributed by atoms with van der Waals surface area (Å²) in [5, 5.41) is 19.6. The predicted molar refractivity (Wildman–Crippen MR) is 84.3 cm³/mol. The second-order valence-corrected chi connectivity index (χ2v) is 6.63. The molecule has 0 spiro atoms. The fraction of sp³-hybridized carbons (Fsp3) is 0.571. The Morgan fingerprint density at radius 2 is 2.16 bits per heavy atom. The van der Waals surface area contributed by atoms with E-state index in [1.807, 2.05) is 0 Å². The molecule has 1 aromatic heterocycles. The van der Waals surface area contributed by atoms with Crippen molar-refractivity contribution in [2.24, 2.45) is 7.05 Å². The first-order valence-corrected chi connectivity index (χ1v) is 8.69. The van der Waals surface area contributed by atoms with Crippen molar-refractivity contribution >= 4 is 28.5 Å². The molecule has 9 nitrogen and oxygen atoms in total. The van der Waals surface area contributed by atoms with Crippen molar-refractivity contribution in [1.82, 2.24) is 4.57 Å². The molecule has 1 fully saturated rings. The van der Waals surface area contributed by atoms with Gasteiger partial charge in [0, 0.05) is 13.2 Å². The van der Waals surface area contributed by atoms with Crippen LogP contribution >= 0.6 is 0 Å². The Hall–Kier alpha value is -2.14. The summed E-state index contributed by atoms with van der Waals surface area (Å²) in [7, 11) is -2.15. The van der Waals surface area contributed by atoms with Crippen LogP contribution in [0, 0.1) is 5.82 Å². The van der Waals surface area contributed by atoms with Crippen LogP contribution in [0.4, 0.5) is 10.1 Å². The molecule has 0 saturated heterocycles. The molecule has 25 heavy (non-hydrogen) atoms. The summed E-state index contributed by atoms with van der Waals surface area (Å²) in [5.41, 5.74) is -3.33. The van der Waals surface area contributed by atoms with Gasteiger partial charge in [-0.05, 0) is 26.2 Å². The molecule has 1 aliphatic carbocycles. The van der Waals surface area contributed by atoms with Gasteiger partial charge in [-0.3, -0.25) is 4.31 Å². The van der Waals surface area contributed by atoms with Crippen LogP contribution in [0.3, 0.4) is 0 Å². The molecule has 1 saturated carbocycles. The molecule has 0 aromatic carbocycles. The molecule has 0 aliphatic heterocycles. The summed E-state index contributed by atoms with van der Waals surface area (Å²) >= 11 is 0. The molecule has 2 rings (SSSR count). The Morgan fingerprint density at radius 3 is 2.68 bits per heavy atom. The summed E-state index contributed by atoms with van der Waals surface area (Å²) in [4.78, 5) is 23.2. The minimum atomic E-state index is -3.47. The molecule has 1 aromatic rings. The molecule has 11 heteroatoms. The van der Waals surface area contributed by atoms with E-state index in [1.165, 1.54) is 14.0 Å². The van der Waals surface area contributed by atoms with Gasteiger partial charge in [-0.15, -0.1) is 0 Å². The van der Waals surface area contributed by atoms with Crippen molar-refractivity contribution in [2.75, 3.05) is 10.9 Å². The fourth-order valence-corrected chi connectivity index (χ4v) is 3.94. The van der Waals surface area contributed by atoms with Crippen LogP contribution in [-0.2, 0) is 27.5 Å². The Bertz CT molecular complexity index is 767. The number of thiol groups is 1. The number of aliphatic hydroxyl groups is 1. The zero-order valence-corrected chi connectivity index (χ0v) is 14.5. The van der Waals surface area contributed by atoms with E-state index >= 15 is 0 Å². The van der Waals surface area contributed by atoms with Gasteiger partial charge in [0.1, 0.15) is 5.69 Å². The standard InChI is InChI=1S/C14H19FN2O7S/c1-3-24-12(18)11-10(15)8(7-16(11)2)17(25(22)23)9-5-4-6-14(9,21)13(19)20/h7,9,21,25H,3-6H2,1-2H3,(H,19,20). The third-order valence-corrected chi connectivity index (χ3v) is 5.09. The van der Waals surface area contributed by atoms with Gasteiger partial charge in [0.05, 0.1) is 12.6 Å². The first-order valence-electron chi connectivity index (χ1n) is 7.56. The molecule has 0 bridgehead atoms. The number of hydrogen-bond acceptors (Lipinski definition) is 6. The van der Waals surface area contributed by atoms with Crippen molar-refractivity contribution < 1.29 is 37.3 Å². The van der Waals surface area contributed by atoms with Crippen molar-refractivity contribution in [3.8, 4) is 0 Å². The van der Waals surface area contributed by atoms with E-state index in [0.717, 1.165) is 10.8 Å². The van der Waals surface area contributed by atoms with Crippen molar-refractivity contribution in [3.63, 3.8) is 0 Å². The molecule has 1 heterocycles. The molecule has 140 valence electrons. The van der Waals surface area contributed by atoms with Crippen LogP contribution in [-0.4, -0.2) is 53.4 Å². The zero-order chi connectivity index (χ0) is 18.9. The second-order valence-electron chi connectivity index (χ2n) is 5.73. The number of anilines is 1. The third kappa shape index (κ3) is 3.21. The number of halogens is 1. The van der Waals surface area contributed by atoms with E-state index in [0.29, 0.717) is 4.31 Å². The van der Waals surface area contributed by atoms with Crippen LogP contribution in [0.2, 0.25) is 0 Å². The monoisotopic (exact) mass is 378 g/mol. The number of aryl methyl sites for hydroxylation is 1. The maximum absolute atomic E-state index is 14.7. The summed E-state index contributed by atoms with van der Waals surface area (Å²) in [5.74, 6) is -3.71. The van der Waals surface area contributed by atoms with E-state index in [1.54, 1.807) is 0 Å². The number of aliphatic carboxylic acids is 1. The smallest absolute Gasteiger partial charge is 0.358 e. The highest BCUT2D eigenvalue weighted by molar-refractivity contribution is 7.74. The lowest BCUT2D eigenvalue weighted by molar-refractivity contribution is -0.158. The molecule has 0 amide bonds. The Morgan fingerprint density at radius 1 is 1.52 bits per heavy atom. The molecular formula is C14H19FN2O7S. The Balaban J connectivity index is 2.55. The first-order chi connectivity index (χ1) is 11.6. The molecule has 2 N–H and O–H groups in total. The van der Waals surface area contributed by atoms with Gasteiger partial charge in [-0.2, -0.15) is 0 Å². The van der Waals surface area contributed by atoms with Gasteiger partial charge in [0.15, 0.2) is 17.1 Å². The highest BCUT2D eigenvalue weighted by Gasteiger charge is 2.52. The quantitative estimate of drug-likeness (QED) is 0.471. The number of carbonyl (C=O) groups excluding carboxylic acids is 1. The number of hydrogen-bond donors (Lipinski definition) is 3. The molecule has 0 radical (unpaired) electrons. The van der Waals surface area contributed by atoms with Gasteiger partial charge >= 0.3 is 11.9 Å². The topological polar surface area (TPSA) is 126 Å². The largest absolute Gasteiger partial charge is 0.479 e. The van der Waals surface area contributed by atoms with Gasteiger partial charge in [0.2, 0.25) is 10.9 Å². The summed E-state index contributed by atoms with van der Waals surface area (Å²) in [6, 6.07) is -1.38. The number of ether oxygens (including phenoxy) is 1. The Labute approximate surface area is 144 Å². The number of carbonyl (C=O) groups is 2. The van der Waals surface area contributed by atoms with Crippen molar-refractivity contribution in [1.29, 1.82) is 0 Å². The summed E-state index contributed by atoms with van der Waals surface area (Å²) in [6.07, 6.45) is 1.18. The lowest BCUT2D eigenvalue weighted by Crippen LogP contribution is -2.54. The summed E-state index contributed by atoms with van der Waals surface area (Å²) < 4.78 is 44.5. The number of rotatable bonds is 6. The Kier molecular flexibility index (Phi) is 5.37. The predicted octanol–water partition coefficient (Wildman–Crippen LogP) is 0.0419. The van der Waals surface area contributed by atoms with Gasteiger partial charge in [-0.1, -0.05) is 0 Å². The van der Waals surface area contributed by atoms with Crippen molar-refractivity contribution in [2.45, 2.75) is 37.8 Å². The lowest BCUT2D eigenvalue weighted by Gasteiger charge is -2.32. The number of esters is 1. The van der Waals surface area contributed by atoms with Crippen molar-refractivity contribution in [3.05, 3.63) is 17.7 Å². The fourth-order valence-electron chi connectivity index (χ4n) is 3.09. The molecule has 2 atom stereocenters. The van der Waals surface area contributed by atoms with Crippen LogP contribution in [0.25, 0.3) is 0 Å². The minimum absolute atomic E-state index is 0.000287. The van der Waals surface area contributed by atoms with E-state index in [-0.39, 0.29) is 25.9 Å². The number of carboxylic acid groups (broad SMARTS) is 1. The highest BCUT2D eigenvalue weighted by atomic mass is 32.2. The van der Waals surface area contributed by atoms with Gasteiger partial charge in [0.25, 0.3) is 0 Å². The normalized spacial score (nSPS) is 23.0. The van der Waals surface area contributed by atoms with Crippen LogP contribution in [0.15, 0.2) is 6.20 Å². The lowest BCUT2D eigenvalue weighted by atomic mass is 9.98. The first kappa shape index (κ1) is 19.2. The molecule has 2 unspecified atom stereocenters. The van der Waals surface area contributed by atoms with E-state index in [9.17, 15) is 32.6 Å². The van der Waals surface area contributed by atoms with Gasteiger partial charge < -0.3 is 19.5 Å². The highest BCUT2D eigenvalue weighted by Crippen LogP contribution is 2.38. The minimum Gasteiger partial charge on any atom is -0.479 e. The van der Waals surface area contributed by atoms with Crippen LogP contribution < -0.4 is 4.31 Å². The number of carboxylic acids is 1. The number of aromatic nitrogens is 1. The molecule has 1 aliphatic rings. The average molecular weight is 378 g/mol. The maximum Gasteiger partial charge on any atom is 0.358 e. The third-order valence-electron chi connectivity index (χ3n) is 4.25. The maximum atomic E-state index is 14.7. The number of nitrogens with zero attached hydrogens (tertiary/aromatic N) is 2. The SMILES string of the molecule is CCOC(=O)c1c(F)c(N(C2CCCC2(O)C(=O)O)[SH](=O)=O)cn1C. The van der Waals surface area contributed by atoms with E-state index in [4.69, 9.17) is 4.74 Å². The average Bonchev–Trinajstić information content (AvgIpc) is 3.02. The van der Waals surface area contributed by atoms with Gasteiger partial charge in [-0.25, -0.2) is 22.4 Å². The summed E-state index contributed by atoms with van der Waals surface area (Å²) in [6.45, 7) is 1.53. The van der Waals surface area contributed by atoms with Crippen LogP contribution in [0.5, 0.6) is 0 Å².